The van der Waals surface area contributed by atoms with Crippen molar-refractivity contribution in [1.82, 2.24) is 0 Å². The van der Waals surface area contributed by atoms with Gasteiger partial charge in [-0.3, -0.25) is 0 Å². The molecule has 0 aromatic heterocycles. The van der Waals surface area contributed by atoms with Crippen LogP contribution in [0.2, 0.25) is 0 Å². The van der Waals surface area contributed by atoms with Crippen molar-refractivity contribution < 1.29 is 0 Å². The summed E-state index contributed by atoms with van der Waals surface area (Å²) in [5, 5.41) is 0. The van der Waals surface area contributed by atoms with E-state index in [1.165, 1.54) is 44.9 Å². The van der Waals surface area contributed by atoms with E-state index in [9.17, 15) is 0 Å². The van der Waals surface area contributed by atoms with Gasteiger partial charge in [-0.05, 0) is 24.2 Å². The molecule has 1 rings (SSSR count). The van der Waals surface area contributed by atoms with E-state index in [-0.39, 0.29) is 0 Å². The minimum atomic E-state index is 0.696. The van der Waals surface area contributed by atoms with Gasteiger partial charge in [0.25, 0.3) is 0 Å². The Bertz CT molecular complexity index is 116. The molecule has 0 spiro atoms. The summed E-state index contributed by atoms with van der Waals surface area (Å²) in [6.45, 7) is 7.23. The van der Waals surface area contributed by atoms with Crippen molar-refractivity contribution in [2.45, 2.75) is 65.7 Å². The highest BCUT2D eigenvalue weighted by atomic mass is 14.4. The maximum absolute atomic E-state index is 2.52. The third-order valence-electron chi connectivity index (χ3n) is 3.97. The van der Waals surface area contributed by atoms with Gasteiger partial charge in [0.05, 0.1) is 0 Å². The number of rotatable bonds is 3. The van der Waals surface area contributed by atoms with Crippen LogP contribution in [0.1, 0.15) is 65.7 Å². The molecule has 0 aromatic rings. The minimum Gasteiger partial charge on any atom is -0.0651 e. The van der Waals surface area contributed by atoms with Crippen LogP contribution in [0, 0.1) is 11.3 Å². The summed E-state index contributed by atoms with van der Waals surface area (Å²) < 4.78 is 0. The highest BCUT2D eigenvalue weighted by Crippen LogP contribution is 2.44. The second-order valence-corrected chi connectivity index (χ2v) is 4.73. The van der Waals surface area contributed by atoms with Crippen molar-refractivity contribution in [3.8, 4) is 0 Å². The lowest BCUT2D eigenvalue weighted by atomic mass is 9.65. The van der Waals surface area contributed by atoms with Crippen LogP contribution >= 0.6 is 0 Å². The van der Waals surface area contributed by atoms with Gasteiger partial charge in [-0.1, -0.05) is 52.9 Å². The summed E-state index contributed by atoms with van der Waals surface area (Å²) in [7, 11) is 0. The van der Waals surface area contributed by atoms with Gasteiger partial charge in [0.2, 0.25) is 0 Å². The Morgan fingerprint density at radius 3 is 1.92 bits per heavy atom. The molecule has 0 amide bonds. The average Bonchev–Trinajstić information content (AvgIpc) is 2.07. The van der Waals surface area contributed by atoms with Gasteiger partial charge in [-0.15, -0.1) is 0 Å². The molecule has 0 heterocycles. The van der Waals surface area contributed by atoms with Crippen molar-refractivity contribution >= 4 is 0 Å². The molecule has 1 fully saturated rings. The quantitative estimate of drug-likeness (QED) is 0.586. The zero-order valence-corrected chi connectivity index (χ0v) is 9.03. The fourth-order valence-electron chi connectivity index (χ4n) is 3.04. The van der Waals surface area contributed by atoms with E-state index in [4.69, 9.17) is 0 Å². The molecular weight excluding hydrogens is 144 g/mol. The van der Waals surface area contributed by atoms with Gasteiger partial charge in [-0.25, -0.2) is 0 Å². The van der Waals surface area contributed by atoms with Gasteiger partial charge in [0, 0.05) is 0 Å². The Morgan fingerprint density at radius 1 is 1.00 bits per heavy atom. The molecule has 0 nitrogen and oxygen atoms in total. The van der Waals surface area contributed by atoms with E-state index in [0.29, 0.717) is 5.41 Å². The van der Waals surface area contributed by atoms with Crippen LogP contribution in [-0.4, -0.2) is 0 Å². The normalized spacial score (nSPS) is 23.0. The highest BCUT2D eigenvalue weighted by molar-refractivity contribution is 4.83. The molecule has 1 aliphatic carbocycles. The summed E-state index contributed by atoms with van der Waals surface area (Å²) >= 11 is 0. The van der Waals surface area contributed by atoms with E-state index < -0.39 is 0 Å². The second-order valence-electron chi connectivity index (χ2n) is 4.73. The molecule has 0 aliphatic heterocycles. The molecule has 0 unspecified atom stereocenters. The first-order valence-corrected chi connectivity index (χ1v) is 5.73. The summed E-state index contributed by atoms with van der Waals surface area (Å²) in [5.41, 5.74) is 0.696. The topological polar surface area (TPSA) is 0 Å². The molecule has 1 saturated carbocycles. The lowest BCUT2D eigenvalue weighted by molar-refractivity contribution is 0.111. The van der Waals surface area contributed by atoms with Crippen LogP contribution in [0.15, 0.2) is 0 Å². The molecule has 0 atom stereocenters. The fraction of sp³-hybridized carbons (Fsp3) is 1.00. The van der Waals surface area contributed by atoms with Crippen molar-refractivity contribution in [2.24, 2.45) is 11.3 Å². The molecule has 0 N–H and O–H groups in total. The van der Waals surface area contributed by atoms with Gasteiger partial charge in [0.15, 0.2) is 0 Å². The van der Waals surface area contributed by atoms with Crippen molar-refractivity contribution in [3.05, 3.63) is 0 Å². The maximum Gasteiger partial charge on any atom is -0.0298 e. The van der Waals surface area contributed by atoms with Crippen LogP contribution in [0.4, 0.5) is 0 Å². The Balaban J connectivity index is 2.53. The van der Waals surface area contributed by atoms with Gasteiger partial charge >= 0.3 is 0 Å². The van der Waals surface area contributed by atoms with Gasteiger partial charge < -0.3 is 0 Å². The fourth-order valence-corrected chi connectivity index (χ4v) is 3.04. The van der Waals surface area contributed by atoms with E-state index in [0.717, 1.165) is 5.92 Å². The Kier molecular flexibility index (Phi) is 3.61. The summed E-state index contributed by atoms with van der Waals surface area (Å²) in [6.07, 6.45) is 10.2. The number of hydrogen-bond donors (Lipinski definition) is 0. The van der Waals surface area contributed by atoms with E-state index >= 15 is 0 Å². The molecule has 12 heavy (non-hydrogen) atoms. The monoisotopic (exact) mass is 168 g/mol. The first-order chi connectivity index (χ1) is 5.73. The average molecular weight is 168 g/mol. The SMILES string of the molecule is CCC(CC)C1(C)CCCCC1. The Hall–Kier alpha value is 0. The summed E-state index contributed by atoms with van der Waals surface area (Å²) in [6, 6.07) is 0. The lowest BCUT2D eigenvalue weighted by Crippen LogP contribution is -2.29. The van der Waals surface area contributed by atoms with E-state index in [1.807, 2.05) is 0 Å². The Morgan fingerprint density at radius 2 is 1.50 bits per heavy atom. The molecule has 72 valence electrons. The van der Waals surface area contributed by atoms with Gasteiger partial charge in [0.1, 0.15) is 0 Å². The Labute approximate surface area is 77.7 Å². The maximum atomic E-state index is 2.52. The number of hydrogen-bond acceptors (Lipinski definition) is 0. The van der Waals surface area contributed by atoms with Crippen LogP contribution in [0.5, 0.6) is 0 Å². The minimum absolute atomic E-state index is 0.696. The van der Waals surface area contributed by atoms with E-state index in [2.05, 4.69) is 20.8 Å². The van der Waals surface area contributed by atoms with Crippen molar-refractivity contribution in [2.75, 3.05) is 0 Å². The first-order valence-electron chi connectivity index (χ1n) is 5.73. The zero-order chi connectivity index (χ0) is 9.03. The van der Waals surface area contributed by atoms with Crippen LogP contribution in [-0.2, 0) is 0 Å². The van der Waals surface area contributed by atoms with Gasteiger partial charge in [-0.2, -0.15) is 0 Å². The van der Waals surface area contributed by atoms with Crippen LogP contribution < -0.4 is 0 Å². The third-order valence-corrected chi connectivity index (χ3v) is 3.97. The molecule has 0 bridgehead atoms. The standard InChI is InChI=1S/C12H24/c1-4-11(5-2)12(3)9-7-6-8-10-12/h11H,4-10H2,1-3H3. The molecule has 0 radical (unpaired) electrons. The molecule has 0 aromatic carbocycles. The van der Waals surface area contributed by atoms with Crippen molar-refractivity contribution in [1.29, 1.82) is 0 Å². The predicted octanol–water partition coefficient (Wildman–Crippen LogP) is 4.39. The molecule has 0 saturated heterocycles. The van der Waals surface area contributed by atoms with Crippen LogP contribution in [0.25, 0.3) is 0 Å². The third kappa shape index (κ3) is 2.02. The van der Waals surface area contributed by atoms with Crippen LogP contribution in [0.3, 0.4) is 0 Å². The smallest absolute Gasteiger partial charge is 0.0298 e. The largest absolute Gasteiger partial charge is 0.0651 e. The van der Waals surface area contributed by atoms with E-state index in [1.54, 1.807) is 0 Å². The van der Waals surface area contributed by atoms with Crippen molar-refractivity contribution in [3.63, 3.8) is 0 Å². The predicted molar refractivity (Wildman–Crippen MR) is 55.3 cm³/mol. The molecule has 0 heteroatoms. The molecule has 1 aliphatic rings. The second kappa shape index (κ2) is 4.30. The summed E-state index contributed by atoms with van der Waals surface area (Å²) in [5.74, 6) is 0.984. The lowest BCUT2D eigenvalue weighted by Gasteiger charge is -2.40. The first kappa shape index (κ1) is 10.1. The summed E-state index contributed by atoms with van der Waals surface area (Å²) in [4.78, 5) is 0. The zero-order valence-electron chi connectivity index (χ0n) is 9.03. The molecular formula is C12H24. The highest BCUT2D eigenvalue weighted by Gasteiger charge is 2.32.